The Kier molecular flexibility index (Phi) is 6.59. The van der Waals surface area contributed by atoms with Gasteiger partial charge in [0.15, 0.2) is 0 Å². The fourth-order valence-electron chi connectivity index (χ4n) is 4.59. The van der Waals surface area contributed by atoms with Crippen LogP contribution in [0.1, 0.15) is 24.0 Å². The first-order valence-electron chi connectivity index (χ1n) is 11.0. The van der Waals surface area contributed by atoms with Crippen LogP contribution in [0.15, 0.2) is 73.3 Å². The van der Waals surface area contributed by atoms with Crippen molar-refractivity contribution in [1.82, 2.24) is 20.2 Å². The van der Waals surface area contributed by atoms with Crippen LogP contribution in [-0.4, -0.2) is 46.8 Å². The van der Waals surface area contributed by atoms with E-state index in [1.54, 1.807) is 25.6 Å². The first kappa shape index (κ1) is 21.7. The number of pyridine rings is 2. The van der Waals surface area contributed by atoms with Gasteiger partial charge in [-0.25, -0.2) is 0 Å². The molecule has 1 atom stereocenters. The molecule has 0 aliphatic carbocycles. The third kappa shape index (κ3) is 4.85. The van der Waals surface area contributed by atoms with Crippen LogP contribution in [0.4, 0.5) is 0 Å². The Balaban J connectivity index is 1.56. The van der Waals surface area contributed by atoms with Crippen molar-refractivity contribution >= 4 is 11.8 Å². The molecule has 0 radical (unpaired) electrons. The second-order valence-electron chi connectivity index (χ2n) is 8.44. The van der Waals surface area contributed by atoms with E-state index in [-0.39, 0.29) is 11.8 Å². The Morgan fingerprint density at radius 2 is 1.75 bits per heavy atom. The van der Waals surface area contributed by atoms with Gasteiger partial charge in [-0.3, -0.25) is 19.6 Å². The first-order valence-corrected chi connectivity index (χ1v) is 11.0. The lowest BCUT2D eigenvalue weighted by molar-refractivity contribution is -0.141. The Labute approximate surface area is 188 Å². The van der Waals surface area contributed by atoms with Crippen LogP contribution in [0, 0.1) is 5.41 Å². The van der Waals surface area contributed by atoms with Crippen molar-refractivity contribution in [3.63, 3.8) is 0 Å². The number of nitrogens with zero attached hydrogens (tertiary/aromatic N) is 3. The number of nitrogens with one attached hydrogen (secondary N) is 1. The number of rotatable bonds is 6. The summed E-state index contributed by atoms with van der Waals surface area (Å²) in [5, 5.41) is 2.85. The number of carbonyl (C=O) groups is 2. The molecule has 4 rings (SSSR count). The number of amides is 2. The summed E-state index contributed by atoms with van der Waals surface area (Å²) in [4.78, 5) is 36.3. The lowest BCUT2D eigenvalue weighted by Gasteiger charge is -2.41. The molecule has 1 aromatic carbocycles. The maximum atomic E-state index is 13.1. The topological polar surface area (TPSA) is 75.2 Å². The minimum atomic E-state index is -0.648. The molecule has 1 aliphatic rings. The molecule has 1 N–H and O–H groups in total. The minimum absolute atomic E-state index is 0.0110. The van der Waals surface area contributed by atoms with Gasteiger partial charge in [0, 0.05) is 44.9 Å². The molecule has 3 heterocycles. The number of carbonyl (C=O) groups excluding carboxylic acids is 2. The summed E-state index contributed by atoms with van der Waals surface area (Å²) in [6, 6.07) is 15.9. The zero-order valence-corrected chi connectivity index (χ0v) is 18.3. The van der Waals surface area contributed by atoms with Gasteiger partial charge in [-0.1, -0.05) is 36.4 Å². The van der Waals surface area contributed by atoms with Crippen LogP contribution in [0.3, 0.4) is 0 Å². The molecule has 1 fully saturated rings. The normalized spacial score (nSPS) is 18.2. The van der Waals surface area contributed by atoms with Crippen molar-refractivity contribution < 1.29 is 9.59 Å². The highest BCUT2D eigenvalue weighted by atomic mass is 16.2. The number of benzene rings is 1. The fourth-order valence-corrected chi connectivity index (χ4v) is 4.59. The highest BCUT2D eigenvalue weighted by molar-refractivity contribution is 5.85. The maximum Gasteiger partial charge on any atom is 0.228 e. The van der Waals surface area contributed by atoms with Crippen LogP contribution >= 0.6 is 0 Å². The zero-order chi connectivity index (χ0) is 22.4. The number of aromatic nitrogens is 2. The van der Waals surface area contributed by atoms with Crippen LogP contribution in [0.2, 0.25) is 0 Å². The smallest absolute Gasteiger partial charge is 0.228 e. The predicted octanol–water partition coefficient (Wildman–Crippen LogP) is 3.28. The van der Waals surface area contributed by atoms with Gasteiger partial charge in [-0.05, 0) is 53.6 Å². The van der Waals surface area contributed by atoms with Crippen LogP contribution < -0.4 is 5.32 Å². The SMILES string of the molecule is CNC(=O)C1(Cc2cccc(-c3cccnc3)c2)CCCN(C(=O)Cc2cccnc2)C1. The van der Waals surface area contributed by atoms with E-state index in [1.807, 2.05) is 41.4 Å². The quantitative estimate of drug-likeness (QED) is 0.654. The molecule has 2 amide bonds. The van der Waals surface area contributed by atoms with E-state index >= 15 is 0 Å². The number of hydrogen-bond acceptors (Lipinski definition) is 4. The molecule has 32 heavy (non-hydrogen) atoms. The van der Waals surface area contributed by atoms with Gasteiger partial charge in [0.25, 0.3) is 0 Å². The molecule has 164 valence electrons. The second kappa shape index (κ2) is 9.73. The van der Waals surface area contributed by atoms with Gasteiger partial charge in [0.1, 0.15) is 0 Å². The summed E-state index contributed by atoms with van der Waals surface area (Å²) in [5.41, 5.74) is 3.43. The van der Waals surface area contributed by atoms with Crippen molar-refractivity contribution in [3.05, 3.63) is 84.4 Å². The van der Waals surface area contributed by atoms with Crippen LogP contribution in [-0.2, 0) is 22.4 Å². The van der Waals surface area contributed by atoms with E-state index in [0.29, 0.717) is 25.9 Å². The first-order chi connectivity index (χ1) is 15.6. The van der Waals surface area contributed by atoms with Crippen molar-refractivity contribution in [3.8, 4) is 11.1 Å². The molecule has 0 spiro atoms. The Hall–Kier alpha value is -3.54. The van der Waals surface area contributed by atoms with Crippen molar-refractivity contribution in [2.75, 3.05) is 20.1 Å². The summed E-state index contributed by atoms with van der Waals surface area (Å²) < 4.78 is 0. The lowest BCUT2D eigenvalue weighted by atomic mass is 9.74. The summed E-state index contributed by atoms with van der Waals surface area (Å²) in [6.07, 6.45) is 9.45. The van der Waals surface area contributed by atoms with Gasteiger partial charge in [0.05, 0.1) is 11.8 Å². The fraction of sp³-hybridized carbons (Fsp3) is 0.308. The van der Waals surface area contributed by atoms with Crippen LogP contribution in [0.25, 0.3) is 11.1 Å². The molecule has 1 aliphatic heterocycles. The average Bonchev–Trinajstić information content (AvgIpc) is 2.85. The maximum absolute atomic E-state index is 13.1. The van der Waals surface area contributed by atoms with Gasteiger partial charge >= 0.3 is 0 Å². The van der Waals surface area contributed by atoms with E-state index in [9.17, 15) is 9.59 Å². The Bertz CT molecular complexity index is 1070. The molecule has 6 nitrogen and oxygen atoms in total. The molecule has 1 saturated heterocycles. The molecular formula is C26H28N4O2. The summed E-state index contributed by atoms with van der Waals surface area (Å²) in [5.74, 6) is 0.0262. The average molecular weight is 429 g/mol. The largest absolute Gasteiger partial charge is 0.359 e. The molecular weight excluding hydrogens is 400 g/mol. The lowest BCUT2D eigenvalue weighted by Crippen LogP contribution is -2.54. The zero-order valence-electron chi connectivity index (χ0n) is 18.3. The molecule has 0 saturated carbocycles. The minimum Gasteiger partial charge on any atom is -0.359 e. The Morgan fingerprint density at radius 3 is 2.47 bits per heavy atom. The van der Waals surface area contributed by atoms with E-state index in [0.717, 1.165) is 35.1 Å². The Morgan fingerprint density at radius 1 is 1.00 bits per heavy atom. The highest BCUT2D eigenvalue weighted by Gasteiger charge is 2.43. The third-order valence-electron chi connectivity index (χ3n) is 6.18. The van der Waals surface area contributed by atoms with E-state index in [4.69, 9.17) is 0 Å². The molecule has 6 heteroatoms. The van der Waals surface area contributed by atoms with Gasteiger partial charge in [-0.2, -0.15) is 0 Å². The molecule has 2 aromatic heterocycles. The summed E-state index contributed by atoms with van der Waals surface area (Å²) in [6.45, 7) is 1.09. The van der Waals surface area contributed by atoms with Crippen molar-refractivity contribution in [2.24, 2.45) is 5.41 Å². The number of piperidine rings is 1. The second-order valence-corrected chi connectivity index (χ2v) is 8.44. The number of hydrogen-bond donors (Lipinski definition) is 1. The van der Waals surface area contributed by atoms with Crippen LogP contribution in [0.5, 0.6) is 0 Å². The van der Waals surface area contributed by atoms with E-state index in [2.05, 4.69) is 33.5 Å². The van der Waals surface area contributed by atoms with E-state index < -0.39 is 5.41 Å². The van der Waals surface area contributed by atoms with Gasteiger partial charge in [-0.15, -0.1) is 0 Å². The van der Waals surface area contributed by atoms with Gasteiger partial charge in [0.2, 0.25) is 11.8 Å². The van der Waals surface area contributed by atoms with E-state index in [1.165, 1.54) is 0 Å². The highest BCUT2D eigenvalue weighted by Crippen LogP contribution is 2.35. The summed E-state index contributed by atoms with van der Waals surface area (Å²) >= 11 is 0. The third-order valence-corrected chi connectivity index (χ3v) is 6.18. The molecule has 3 aromatic rings. The molecule has 1 unspecified atom stereocenters. The van der Waals surface area contributed by atoms with Gasteiger partial charge < -0.3 is 10.2 Å². The predicted molar refractivity (Wildman–Crippen MR) is 124 cm³/mol. The van der Waals surface area contributed by atoms with Crippen molar-refractivity contribution in [1.29, 1.82) is 0 Å². The molecule has 0 bridgehead atoms. The van der Waals surface area contributed by atoms with Crippen molar-refractivity contribution in [2.45, 2.75) is 25.7 Å². The monoisotopic (exact) mass is 428 g/mol. The summed E-state index contributed by atoms with van der Waals surface area (Å²) in [7, 11) is 1.67. The standard InChI is InChI=1S/C26H28N4O2/c1-27-25(32)26(16-20-6-2-8-22(14-20)23-9-4-12-29-18-23)10-5-13-30(19-26)24(31)15-21-7-3-11-28-17-21/h2-4,6-9,11-12,14,17-18H,5,10,13,15-16,19H2,1H3,(H,27,32). The number of likely N-dealkylation sites (tertiary alicyclic amines) is 1.